The fourth-order valence-corrected chi connectivity index (χ4v) is 4.03. The summed E-state index contributed by atoms with van der Waals surface area (Å²) in [4.78, 5) is 21.1. The third kappa shape index (κ3) is 4.29. The Kier molecular flexibility index (Phi) is 6.36. The monoisotopic (exact) mass is 437 g/mol. The molecular formula is C23H27N5O4. The second-order valence-corrected chi connectivity index (χ2v) is 7.87. The lowest BCUT2D eigenvalue weighted by atomic mass is 9.99. The zero-order valence-corrected chi connectivity index (χ0v) is 18.4. The number of amides is 1. The highest BCUT2D eigenvalue weighted by Gasteiger charge is 2.33. The van der Waals surface area contributed by atoms with Crippen LogP contribution in [0.3, 0.4) is 0 Å². The highest BCUT2D eigenvalue weighted by molar-refractivity contribution is 5.98. The van der Waals surface area contributed by atoms with Crippen molar-refractivity contribution in [1.29, 1.82) is 0 Å². The van der Waals surface area contributed by atoms with Crippen molar-refractivity contribution >= 4 is 5.91 Å². The lowest BCUT2D eigenvalue weighted by Gasteiger charge is -2.38. The average molecular weight is 438 g/mol. The third-order valence-corrected chi connectivity index (χ3v) is 5.70. The van der Waals surface area contributed by atoms with Gasteiger partial charge in [0.05, 0.1) is 49.0 Å². The Hall–Kier alpha value is -3.46. The summed E-state index contributed by atoms with van der Waals surface area (Å²) in [6.07, 6.45) is 5.23. The van der Waals surface area contributed by atoms with Crippen molar-refractivity contribution in [3.63, 3.8) is 0 Å². The summed E-state index contributed by atoms with van der Waals surface area (Å²) in [6, 6.07) is 9.03. The van der Waals surface area contributed by atoms with Gasteiger partial charge in [-0.2, -0.15) is 15.0 Å². The van der Waals surface area contributed by atoms with Gasteiger partial charge in [-0.1, -0.05) is 12.1 Å². The molecule has 9 nitrogen and oxygen atoms in total. The van der Waals surface area contributed by atoms with E-state index in [0.717, 1.165) is 12.8 Å². The molecule has 0 bridgehead atoms. The number of likely N-dealkylation sites (tertiary alicyclic amines) is 1. The molecular weight excluding hydrogens is 410 g/mol. The molecule has 32 heavy (non-hydrogen) atoms. The van der Waals surface area contributed by atoms with Crippen molar-refractivity contribution in [1.82, 2.24) is 24.9 Å². The molecule has 3 heterocycles. The maximum absolute atomic E-state index is 13.5. The average Bonchev–Trinajstić information content (AvgIpc) is 3.34. The number of para-hydroxylation sites is 1. The summed E-state index contributed by atoms with van der Waals surface area (Å²) in [5.41, 5.74) is 1.66. The van der Waals surface area contributed by atoms with Gasteiger partial charge in [-0.05, 0) is 44.9 Å². The molecule has 1 aromatic carbocycles. The molecule has 4 rings (SSSR count). The lowest BCUT2D eigenvalue weighted by molar-refractivity contribution is 0.0360. The Labute approximate surface area is 186 Å². The Balaban J connectivity index is 1.58. The molecule has 1 aliphatic rings. The number of methoxy groups -OCH3 is 1. The number of aliphatic hydroxyl groups excluding tert-OH is 1. The summed E-state index contributed by atoms with van der Waals surface area (Å²) < 4.78 is 11.5. The van der Waals surface area contributed by atoms with Crippen LogP contribution >= 0.6 is 0 Å². The van der Waals surface area contributed by atoms with Crippen LogP contribution in [0.2, 0.25) is 0 Å². The SMILES string of the molecule is COc1ccnc(O[C@@H]2CC[C@@H](C)N(C(=O)c3ccccc3-n3nccn3)C2)c1C(C)O. The minimum absolute atomic E-state index is 0.0514. The molecule has 1 saturated heterocycles. The number of benzene rings is 1. The largest absolute Gasteiger partial charge is 0.496 e. The number of aliphatic hydroxyl groups is 1. The fraction of sp³-hybridized carbons (Fsp3) is 0.391. The molecule has 0 saturated carbocycles. The number of rotatable bonds is 6. The summed E-state index contributed by atoms with van der Waals surface area (Å²) >= 11 is 0. The maximum Gasteiger partial charge on any atom is 0.256 e. The summed E-state index contributed by atoms with van der Waals surface area (Å²) in [5, 5.41) is 18.6. The van der Waals surface area contributed by atoms with Crippen molar-refractivity contribution in [3.05, 3.63) is 60.0 Å². The Morgan fingerprint density at radius 3 is 2.62 bits per heavy atom. The Bertz CT molecular complexity index is 1070. The van der Waals surface area contributed by atoms with Gasteiger partial charge in [0.2, 0.25) is 5.88 Å². The number of ether oxygens (including phenoxy) is 2. The van der Waals surface area contributed by atoms with Gasteiger partial charge in [0.15, 0.2) is 0 Å². The van der Waals surface area contributed by atoms with Crippen molar-refractivity contribution in [2.24, 2.45) is 0 Å². The van der Waals surface area contributed by atoms with Crippen molar-refractivity contribution in [2.45, 2.75) is 44.9 Å². The Morgan fingerprint density at radius 1 is 1.16 bits per heavy atom. The highest BCUT2D eigenvalue weighted by atomic mass is 16.5. The van der Waals surface area contributed by atoms with Gasteiger partial charge in [-0.3, -0.25) is 4.79 Å². The van der Waals surface area contributed by atoms with Crippen LogP contribution in [0.5, 0.6) is 11.6 Å². The predicted octanol–water partition coefficient (Wildman–Crippen LogP) is 2.80. The molecule has 1 aliphatic heterocycles. The highest BCUT2D eigenvalue weighted by Crippen LogP contribution is 2.34. The van der Waals surface area contributed by atoms with Crippen molar-refractivity contribution < 1.29 is 19.4 Å². The van der Waals surface area contributed by atoms with E-state index in [1.165, 1.54) is 4.80 Å². The van der Waals surface area contributed by atoms with Gasteiger partial charge < -0.3 is 19.5 Å². The van der Waals surface area contributed by atoms with E-state index in [-0.39, 0.29) is 18.1 Å². The summed E-state index contributed by atoms with van der Waals surface area (Å²) in [6.45, 7) is 4.08. The van der Waals surface area contributed by atoms with E-state index in [2.05, 4.69) is 15.2 Å². The molecule has 1 unspecified atom stereocenters. The maximum atomic E-state index is 13.5. The topological polar surface area (TPSA) is 103 Å². The molecule has 2 aromatic heterocycles. The minimum Gasteiger partial charge on any atom is -0.496 e. The number of pyridine rings is 1. The number of hydrogen-bond donors (Lipinski definition) is 1. The van der Waals surface area contributed by atoms with Crippen LogP contribution in [0.25, 0.3) is 5.69 Å². The predicted molar refractivity (Wildman–Crippen MR) is 117 cm³/mol. The first kappa shape index (κ1) is 21.8. The van der Waals surface area contributed by atoms with Gasteiger partial charge in [0.1, 0.15) is 11.9 Å². The molecule has 1 fully saturated rings. The van der Waals surface area contributed by atoms with Gasteiger partial charge >= 0.3 is 0 Å². The number of piperidine rings is 1. The second kappa shape index (κ2) is 9.35. The van der Waals surface area contributed by atoms with E-state index in [1.807, 2.05) is 30.0 Å². The number of hydrogen-bond acceptors (Lipinski definition) is 7. The van der Waals surface area contributed by atoms with E-state index in [1.54, 1.807) is 44.8 Å². The number of carbonyl (C=O) groups excluding carboxylic acids is 1. The minimum atomic E-state index is -0.803. The number of carbonyl (C=O) groups is 1. The number of nitrogens with zero attached hydrogens (tertiary/aromatic N) is 5. The van der Waals surface area contributed by atoms with Gasteiger partial charge in [0.25, 0.3) is 5.91 Å². The Morgan fingerprint density at radius 2 is 1.91 bits per heavy atom. The zero-order valence-electron chi connectivity index (χ0n) is 18.4. The normalized spacial score (nSPS) is 19.4. The molecule has 168 valence electrons. The van der Waals surface area contributed by atoms with Crippen LogP contribution in [0, 0.1) is 0 Å². The molecule has 0 radical (unpaired) electrons. The van der Waals surface area contributed by atoms with Gasteiger partial charge in [-0.15, -0.1) is 0 Å². The molecule has 0 spiro atoms. The molecule has 3 aromatic rings. The summed E-state index contributed by atoms with van der Waals surface area (Å²) in [5.74, 6) is 0.739. The molecule has 9 heteroatoms. The molecule has 1 amide bonds. The van der Waals surface area contributed by atoms with E-state index < -0.39 is 6.10 Å². The van der Waals surface area contributed by atoms with Crippen molar-refractivity contribution in [3.8, 4) is 17.3 Å². The van der Waals surface area contributed by atoms with Crippen LogP contribution in [0.15, 0.2) is 48.9 Å². The quantitative estimate of drug-likeness (QED) is 0.632. The number of aromatic nitrogens is 4. The zero-order chi connectivity index (χ0) is 22.7. The van der Waals surface area contributed by atoms with Crippen LogP contribution in [0.4, 0.5) is 0 Å². The van der Waals surface area contributed by atoms with E-state index in [9.17, 15) is 9.90 Å². The van der Waals surface area contributed by atoms with Crippen LogP contribution < -0.4 is 9.47 Å². The third-order valence-electron chi connectivity index (χ3n) is 5.70. The molecule has 0 aliphatic carbocycles. The standard InChI is InChI=1S/C23H27N5O4/c1-15-8-9-17(32-22-21(16(2)29)20(31-3)10-11-24-22)14-27(15)23(30)18-6-4-5-7-19(18)28-25-12-13-26-28/h4-7,10-13,15-17,29H,8-9,14H2,1-3H3/t15-,16?,17-/m1/s1. The van der Waals surface area contributed by atoms with E-state index in [0.29, 0.717) is 35.0 Å². The molecule has 1 N–H and O–H groups in total. The first-order chi connectivity index (χ1) is 15.5. The second-order valence-electron chi connectivity index (χ2n) is 7.87. The van der Waals surface area contributed by atoms with E-state index >= 15 is 0 Å². The van der Waals surface area contributed by atoms with Gasteiger partial charge in [0, 0.05) is 12.2 Å². The summed E-state index contributed by atoms with van der Waals surface area (Å²) in [7, 11) is 1.54. The lowest BCUT2D eigenvalue weighted by Crippen LogP contribution is -2.49. The van der Waals surface area contributed by atoms with Crippen LogP contribution in [-0.4, -0.2) is 61.7 Å². The first-order valence-electron chi connectivity index (χ1n) is 10.6. The molecule has 3 atom stereocenters. The first-order valence-corrected chi connectivity index (χ1v) is 10.6. The van der Waals surface area contributed by atoms with Crippen molar-refractivity contribution in [2.75, 3.05) is 13.7 Å². The smallest absolute Gasteiger partial charge is 0.256 e. The van der Waals surface area contributed by atoms with E-state index in [4.69, 9.17) is 9.47 Å². The van der Waals surface area contributed by atoms with Gasteiger partial charge in [-0.25, -0.2) is 4.98 Å². The van der Waals surface area contributed by atoms with Crippen LogP contribution in [0.1, 0.15) is 48.7 Å². The fourth-order valence-electron chi connectivity index (χ4n) is 4.03. The van der Waals surface area contributed by atoms with Crippen LogP contribution in [-0.2, 0) is 0 Å².